The van der Waals surface area contributed by atoms with Gasteiger partial charge in [-0.2, -0.15) is 0 Å². The molecular weight excluding hydrogens is 258 g/mol. The van der Waals surface area contributed by atoms with E-state index in [1.54, 1.807) is 11.3 Å². The van der Waals surface area contributed by atoms with E-state index in [-0.39, 0.29) is 5.84 Å². The summed E-state index contributed by atoms with van der Waals surface area (Å²) in [5, 5.41) is 15.0. The van der Waals surface area contributed by atoms with Crippen LogP contribution in [0.25, 0.3) is 0 Å². The number of aryl methyl sites for hydroxylation is 1. The highest BCUT2D eigenvalue weighted by atomic mass is 32.1. The van der Waals surface area contributed by atoms with E-state index in [4.69, 9.17) is 10.9 Å². The second-order valence-electron chi connectivity index (χ2n) is 4.30. The molecular formula is C14H17N3OS. The molecule has 0 bridgehead atoms. The zero-order chi connectivity index (χ0) is 13.7. The quantitative estimate of drug-likeness (QED) is 0.340. The zero-order valence-corrected chi connectivity index (χ0v) is 11.6. The van der Waals surface area contributed by atoms with E-state index in [0.29, 0.717) is 0 Å². The van der Waals surface area contributed by atoms with Crippen LogP contribution in [-0.4, -0.2) is 11.0 Å². The Kier molecular flexibility index (Phi) is 4.54. The fourth-order valence-corrected chi connectivity index (χ4v) is 2.67. The van der Waals surface area contributed by atoms with E-state index in [0.717, 1.165) is 24.2 Å². The number of nitrogens with one attached hydrogen (secondary N) is 1. The number of rotatable bonds is 5. The van der Waals surface area contributed by atoms with Crippen molar-refractivity contribution in [3.63, 3.8) is 0 Å². The molecule has 5 heteroatoms. The lowest BCUT2D eigenvalue weighted by atomic mass is 10.1. The summed E-state index contributed by atoms with van der Waals surface area (Å²) in [6, 6.07) is 11.9. The minimum absolute atomic E-state index is 0.135. The number of hydrogen-bond donors (Lipinski definition) is 3. The van der Waals surface area contributed by atoms with Gasteiger partial charge in [0, 0.05) is 28.4 Å². The molecule has 0 aliphatic rings. The highest BCUT2D eigenvalue weighted by Gasteiger charge is 2.01. The first-order valence-corrected chi connectivity index (χ1v) is 6.83. The molecule has 19 heavy (non-hydrogen) atoms. The van der Waals surface area contributed by atoms with E-state index >= 15 is 0 Å². The van der Waals surface area contributed by atoms with E-state index in [1.165, 1.54) is 9.75 Å². The van der Waals surface area contributed by atoms with Crippen molar-refractivity contribution < 1.29 is 5.21 Å². The van der Waals surface area contributed by atoms with Crippen LogP contribution in [0.2, 0.25) is 0 Å². The van der Waals surface area contributed by atoms with Gasteiger partial charge in [-0.05, 0) is 30.7 Å². The predicted molar refractivity (Wildman–Crippen MR) is 78.6 cm³/mol. The average Bonchev–Trinajstić information content (AvgIpc) is 2.84. The standard InChI is InChI=1S/C14H17N3OS/c1-10-5-6-13(19-10)9-16-8-11-3-2-4-12(7-11)14(15)17-18/h2-7,16,18H,8-9H2,1H3,(H2,15,17). The van der Waals surface area contributed by atoms with Crippen molar-refractivity contribution in [1.82, 2.24) is 5.32 Å². The number of thiophene rings is 1. The lowest BCUT2D eigenvalue weighted by Crippen LogP contribution is -2.15. The monoisotopic (exact) mass is 275 g/mol. The highest BCUT2D eigenvalue weighted by molar-refractivity contribution is 7.11. The second-order valence-corrected chi connectivity index (χ2v) is 5.67. The van der Waals surface area contributed by atoms with Crippen molar-refractivity contribution in [2.75, 3.05) is 0 Å². The maximum Gasteiger partial charge on any atom is 0.170 e. The number of hydrogen-bond acceptors (Lipinski definition) is 4. The van der Waals surface area contributed by atoms with Gasteiger partial charge in [0.05, 0.1) is 0 Å². The molecule has 100 valence electrons. The Labute approximate surface area is 116 Å². The molecule has 0 unspecified atom stereocenters. The van der Waals surface area contributed by atoms with E-state index in [1.807, 2.05) is 24.3 Å². The SMILES string of the molecule is Cc1ccc(CNCc2cccc(C(N)=NO)c2)s1. The Morgan fingerprint density at radius 3 is 2.84 bits per heavy atom. The first-order chi connectivity index (χ1) is 9.19. The summed E-state index contributed by atoms with van der Waals surface area (Å²) in [6.45, 7) is 3.71. The van der Waals surface area contributed by atoms with E-state index in [9.17, 15) is 0 Å². The summed E-state index contributed by atoms with van der Waals surface area (Å²) >= 11 is 1.80. The van der Waals surface area contributed by atoms with Crippen LogP contribution < -0.4 is 11.1 Å². The van der Waals surface area contributed by atoms with E-state index in [2.05, 4.69) is 29.5 Å². The Balaban J connectivity index is 1.92. The molecule has 0 saturated heterocycles. The minimum atomic E-state index is 0.135. The summed E-state index contributed by atoms with van der Waals surface area (Å²) < 4.78 is 0. The Bertz CT molecular complexity index is 578. The van der Waals surface area contributed by atoms with Gasteiger partial charge < -0.3 is 16.3 Å². The van der Waals surface area contributed by atoms with Gasteiger partial charge in [0.2, 0.25) is 0 Å². The van der Waals surface area contributed by atoms with Crippen molar-refractivity contribution in [3.8, 4) is 0 Å². The summed E-state index contributed by atoms with van der Waals surface area (Å²) in [6.07, 6.45) is 0. The Hall–Kier alpha value is -1.85. The largest absolute Gasteiger partial charge is 0.409 e. The Morgan fingerprint density at radius 1 is 1.32 bits per heavy atom. The predicted octanol–water partition coefficient (Wildman–Crippen LogP) is 2.44. The normalized spacial score (nSPS) is 11.7. The van der Waals surface area contributed by atoms with Gasteiger partial charge in [-0.15, -0.1) is 11.3 Å². The van der Waals surface area contributed by atoms with Gasteiger partial charge in [-0.25, -0.2) is 0 Å². The maximum absolute atomic E-state index is 8.65. The molecule has 0 aliphatic heterocycles. The molecule has 4 N–H and O–H groups in total. The molecule has 4 nitrogen and oxygen atoms in total. The minimum Gasteiger partial charge on any atom is -0.409 e. The van der Waals surface area contributed by atoms with Crippen LogP contribution >= 0.6 is 11.3 Å². The zero-order valence-electron chi connectivity index (χ0n) is 10.8. The first kappa shape index (κ1) is 13.6. The molecule has 2 rings (SSSR count). The summed E-state index contributed by atoms with van der Waals surface area (Å²) in [5.41, 5.74) is 7.41. The summed E-state index contributed by atoms with van der Waals surface area (Å²) in [7, 11) is 0. The smallest absolute Gasteiger partial charge is 0.170 e. The second kappa shape index (κ2) is 6.36. The molecule has 0 fully saturated rings. The van der Waals surface area contributed by atoms with Crippen LogP contribution in [0.15, 0.2) is 41.6 Å². The van der Waals surface area contributed by atoms with Crippen LogP contribution in [0.4, 0.5) is 0 Å². The molecule has 0 amide bonds. The molecule has 0 spiro atoms. The van der Waals surface area contributed by atoms with Gasteiger partial charge in [-0.3, -0.25) is 0 Å². The van der Waals surface area contributed by atoms with Crippen molar-refractivity contribution in [2.24, 2.45) is 10.9 Å². The van der Waals surface area contributed by atoms with Gasteiger partial charge in [0.15, 0.2) is 5.84 Å². The number of benzene rings is 1. The van der Waals surface area contributed by atoms with Gasteiger partial charge in [0.1, 0.15) is 0 Å². The third-order valence-electron chi connectivity index (χ3n) is 2.75. The van der Waals surface area contributed by atoms with Gasteiger partial charge >= 0.3 is 0 Å². The molecule has 2 aromatic rings. The van der Waals surface area contributed by atoms with Gasteiger partial charge in [-0.1, -0.05) is 23.4 Å². The van der Waals surface area contributed by atoms with Crippen LogP contribution in [0.3, 0.4) is 0 Å². The number of oxime groups is 1. The number of amidine groups is 1. The maximum atomic E-state index is 8.65. The molecule has 0 atom stereocenters. The summed E-state index contributed by atoms with van der Waals surface area (Å²) in [5.74, 6) is 0.135. The van der Waals surface area contributed by atoms with Crippen molar-refractivity contribution in [2.45, 2.75) is 20.0 Å². The fourth-order valence-electron chi connectivity index (χ4n) is 1.81. The average molecular weight is 275 g/mol. The van der Waals surface area contributed by atoms with Crippen molar-refractivity contribution >= 4 is 17.2 Å². The highest BCUT2D eigenvalue weighted by Crippen LogP contribution is 2.14. The molecule has 0 radical (unpaired) electrons. The molecule has 0 saturated carbocycles. The third-order valence-corrected chi connectivity index (χ3v) is 3.76. The summed E-state index contributed by atoms with van der Waals surface area (Å²) in [4.78, 5) is 2.65. The van der Waals surface area contributed by atoms with Crippen LogP contribution in [0, 0.1) is 6.92 Å². The van der Waals surface area contributed by atoms with Crippen molar-refractivity contribution in [3.05, 3.63) is 57.3 Å². The van der Waals surface area contributed by atoms with Crippen molar-refractivity contribution in [1.29, 1.82) is 0 Å². The third kappa shape index (κ3) is 3.81. The lowest BCUT2D eigenvalue weighted by Gasteiger charge is -2.05. The molecule has 1 aromatic heterocycles. The molecule has 1 heterocycles. The van der Waals surface area contributed by atoms with Crippen LogP contribution in [0.1, 0.15) is 20.9 Å². The molecule has 1 aromatic carbocycles. The van der Waals surface area contributed by atoms with Gasteiger partial charge in [0.25, 0.3) is 0 Å². The van der Waals surface area contributed by atoms with Crippen LogP contribution in [-0.2, 0) is 13.1 Å². The van der Waals surface area contributed by atoms with E-state index < -0.39 is 0 Å². The van der Waals surface area contributed by atoms with Crippen LogP contribution in [0.5, 0.6) is 0 Å². The number of nitrogens with two attached hydrogens (primary N) is 1. The molecule has 0 aliphatic carbocycles. The fraction of sp³-hybridized carbons (Fsp3) is 0.214. The number of nitrogens with zero attached hydrogens (tertiary/aromatic N) is 1. The lowest BCUT2D eigenvalue weighted by molar-refractivity contribution is 0.318. The first-order valence-electron chi connectivity index (χ1n) is 6.02. The topological polar surface area (TPSA) is 70.6 Å². The Morgan fingerprint density at radius 2 is 2.16 bits per heavy atom.